The second-order valence-corrected chi connectivity index (χ2v) is 5.51. The minimum atomic E-state index is -2.89. The Bertz CT molecular complexity index is 822. The summed E-state index contributed by atoms with van der Waals surface area (Å²) in [5.41, 5.74) is 1.21. The number of nitrogens with one attached hydrogen (secondary N) is 1. The summed E-state index contributed by atoms with van der Waals surface area (Å²) in [7, 11) is 0. The maximum atomic E-state index is 12.3. The lowest BCUT2D eigenvalue weighted by molar-refractivity contribution is -0.0498. The number of benzene rings is 1. The number of carbonyl (C=O) groups excluding carboxylic acids is 1. The molecule has 10 heteroatoms. The summed E-state index contributed by atoms with van der Waals surface area (Å²) < 4.78 is 30.2. The Morgan fingerprint density at radius 1 is 1.38 bits per heavy atom. The predicted octanol–water partition coefficient (Wildman–Crippen LogP) is 2.26. The molecule has 0 bridgehead atoms. The Hall–Kier alpha value is -2.88. The van der Waals surface area contributed by atoms with Gasteiger partial charge in [-0.25, -0.2) is 0 Å². The van der Waals surface area contributed by atoms with Gasteiger partial charge in [0.2, 0.25) is 0 Å². The summed E-state index contributed by atoms with van der Waals surface area (Å²) in [6, 6.07) is 7.88. The van der Waals surface area contributed by atoms with Crippen LogP contribution in [0.25, 0.3) is 5.69 Å². The molecule has 24 heavy (non-hydrogen) atoms. The molecule has 0 atom stereocenters. The maximum Gasteiger partial charge on any atom is 0.387 e. The van der Waals surface area contributed by atoms with Crippen molar-refractivity contribution < 1.29 is 18.3 Å². The van der Waals surface area contributed by atoms with Crippen molar-refractivity contribution in [2.24, 2.45) is 0 Å². The largest absolute Gasteiger partial charge is 0.435 e. The number of thiophene rings is 1. The van der Waals surface area contributed by atoms with Crippen LogP contribution in [0.3, 0.4) is 0 Å². The number of carbonyl (C=O) groups is 1. The van der Waals surface area contributed by atoms with Crippen LogP contribution in [0, 0.1) is 0 Å². The molecule has 0 saturated carbocycles. The van der Waals surface area contributed by atoms with E-state index in [2.05, 4.69) is 25.6 Å². The van der Waals surface area contributed by atoms with Crippen LogP contribution in [-0.4, -0.2) is 32.7 Å². The van der Waals surface area contributed by atoms with E-state index < -0.39 is 6.61 Å². The van der Waals surface area contributed by atoms with Gasteiger partial charge in [0.1, 0.15) is 17.0 Å². The van der Waals surface area contributed by atoms with Crippen LogP contribution in [-0.2, 0) is 6.54 Å². The Labute approximate surface area is 138 Å². The van der Waals surface area contributed by atoms with Crippen LogP contribution in [0.5, 0.6) is 5.75 Å². The quantitative estimate of drug-likeness (QED) is 0.737. The zero-order valence-electron chi connectivity index (χ0n) is 12.1. The second kappa shape index (κ2) is 7.13. The van der Waals surface area contributed by atoms with Gasteiger partial charge < -0.3 is 10.1 Å². The van der Waals surface area contributed by atoms with Crippen molar-refractivity contribution in [2.75, 3.05) is 0 Å². The highest BCUT2D eigenvalue weighted by Gasteiger charge is 2.15. The molecular weight excluding hydrogens is 340 g/mol. The Morgan fingerprint density at radius 2 is 2.25 bits per heavy atom. The van der Waals surface area contributed by atoms with Gasteiger partial charge in [-0.05, 0) is 39.6 Å². The molecule has 7 nitrogen and oxygen atoms in total. The average molecular weight is 351 g/mol. The molecule has 3 aromatic rings. The number of hydrogen-bond donors (Lipinski definition) is 1. The summed E-state index contributed by atoms with van der Waals surface area (Å²) in [5.74, 6) is -0.266. The van der Waals surface area contributed by atoms with Gasteiger partial charge in [-0.15, -0.1) is 16.4 Å². The summed E-state index contributed by atoms with van der Waals surface area (Å²) in [5, 5.41) is 15.3. The fraction of sp³-hybridized carbons (Fsp3) is 0.143. The SMILES string of the molecule is O=C(NCc1cccc(OC(F)F)c1)c1sccc1-n1cnnn1. The van der Waals surface area contributed by atoms with Crippen LogP contribution in [0.1, 0.15) is 15.2 Å². The van der Waals surface area contributed by atoms with Crippen molar-refractivity contribution in [1.29, 1.82) is 0 Å². The number of aromatic nitrogens is 4. The molecule has 1 aromatic carbocycles. The Kier molecular flexibility index (Phi) is 4.75. The molecule has 124 valence electrons. The number of halogens is 2. The van der Waals surface area contributed by atoms with Gasteiger partial charge in [0.15, 0.2) is 0 Å². The zero-order chi connectivity index (χ0) is 16.9. The molecule has 3 rings (SSSR count). The first-order valence-electron chi connectivity index (χ1n) is 6.76. The monoisotopic (exact) mass is 351 g/mol. The van der Waals surface area contributed by atoms with Crippen molar-refractivity contribution in [3.05, 3.63) is 52.5 Å². The predicted molar refractivity (Wildman–Crippen MR) is 81.3 cm³/mol. The molecule has 2 heterocycles. The van der Waals surface area contributed by atoms with Crippen LogP contribution >= 0.6 is 11.3 Å². The number of ether oxygens (including phenoxy) is 1. The lowest BCUT2D eigenvalue weighted by atomic mass is 10.2. The Balaban J connectivity index is 1.67. The number of tetrazole rings is 1. The second-order valence-electron chi connectivity index (χ2n) is 4.60. The van der Waals surface area contributed by atoms with E-state index in [1.54, 1.807) is 23.6 Å². The minimum absolute atomic E-state index is 0.0438. The number of alkyl halides is 2. The molecule has 0 saturated heterocycles. The first-order valence-corrected chi connectivity index (χ1v) is 7.64. The van der Waals surface area contributed by atoms with Gasteiger partial charge >= 0.3 is 6.61 Å². The van der Waals surface area contributed by atoms with E-state index in [1.165, 1.54) is 34.5 Å². The lowest BCUT2D eigenvalue weighted by Gasteiger charge is -2.08. The van der Waals surface area contributed by atoms with E-state index in [0.717, 1.165) is 0 Å². The molecule has 0 spiro atoms. The minimum Gasteiger partial charge on any atom is -0.435 e. The summed E-state index contributed by atoms with van der Waals surface area (Å²) in [6.07, 6.45) is 1.39. The first-order chi connectivity index (χ1) is 11.6. The third-order valence-corrected chi connectivity index (χ3v) is 3.93. The van der Waals surface area contributed by atoms with Crippen molar-refractivity contribution >= 4 is 17.2 Å². The molecule has 2 aromatic heterocycles. The molecule has 0 radical (unpaired) electrons. The Morgan fingerprint density at radius 3 is 3.00 bits per heavy atom. The summed E-state index contributed by atoms with van der Waals surface area (Å²) in [6.45, 7) is -2.72. The van der Waals surface area contributed by atoms with E-state index in [1.807, 2.05) is 0 Å². The van der Waals surface area contributed by atoms with E-state index in [-0.39, 0.29) is 18.2 Å². The van der Waals surface area contributed by atoms with Gasteiger partial charge in [0.25, 0.3) is 5.91 Å². The number of amides is 1. The van der Waals surface area contributed by atoms with E-state index in [4.69, 9.17) is 0 Å². The average Bonchev–Trinajstić information content (AvgIpc) is 3.22. The highest BCUT2D eigenvalue weighted by molar-refractivity contribution is 7.12. The van der Waals surface area contributed by atoms with Crippen molar-refractivity contribution in [3.63, 3.8) is 0 Å². The molecule has 0 aliphatic heterocycles. The normalized spacial score (nSPS) is 10.8. The first kappa shape index (κ1) is 16.0. The molecule has 1 N–H and O–H groups in total. The van der Waals surface area contributed by atoms with Gasteiger partial charge in [-0.1, -0.05) is 12.1 Å². The van der Waals surface area contributed by atoms with Gasteiger partial charge in [0.05, 0.1) is 5.69 Å². The van der Waals surface area contributed by atoms with Gasteiger partial charge in [-0.2, -0.15) is 13.5 Å². The molecular formula is C14H11F2N5O2S. The number of rotatable bonds is 6. The van der Waals surface area contributed by atoms with E-state index in [9.17, 15) is 13.6 Å². The van der Waals surface area contributed by atoms with E-state index in [0.29, 0.717) is 16.1 Å². The zero-order valence-corrected chi connectivity index (χ0v) is 12.9. The lowest BCUT2D eigenvalue weighted by Crippen LogP contribution is -2.23. The molecule has 0 aliphatic carbocycles. The highest BCUT2D eigenvalue weighted by atomic mass is 32.1. The smallest absolute Gasteiger partial charge is 0.387 e. The standard InChI is InChI=1S/C14H11F2N5O2S/c15-14(16)23-10-3-1-2-9(6-10)7-17-13(22)12-11(4-5-24-12)21-8-18-19-20-21/h1-6,8,14H,7H2,(H,17,22). The van der Waals surface area contributed by atoms with Crippen molar-refractivity contribution in [2.45, 2.75) is 13.2 Å². The van der Waals surface area contributed by atoms with Gasteiger partial charge in [-0.3, -0.25) is 4.79 Å². The van der Waals surface area contributed by atoms with Crippen molar-refractivity contribution in [1.82, 2.24) is 25.5 Å². The molecule has 0 fully saturated rings. The topological polar surface area (TPSA) is 81.9 Å². The molecule has 0 aliphatic rings. The van der Waals surface area contributed by atoms with Crippen LogP contribution in [0.15, 0.2) is 42.0 Å². The third-order valence-electron chi connectivity index (χ3n) is 3.02. The maximum absolute atomic E-state index is 12.3. The highest BCUT2D eigenvalue weighted by Crippen LogP contribution is 2.20. The number of hydrogen-bond acceptors (Lipinski definition) is 6. The van der Waals surface area contributed by atoms with Crippen LogP contribution < -0.4 is 10.1 Å². The number of nitrogens with zero attached hydrogens (tertiary/aromatic N) is 4. The molecule has 0 unspecified atom stereocenters. The summed E-state index contributed by atoms with van der Waals surface area (Å²) >= 11 is 1.25. The van der Waals surface area contributed by atoms with Gasteiger partial charge in [0, 0.05) is 6.54 Å². The summed E-state index contributed by atoms with van der Waals surface area (Å²) in [4.78, 5) is 12.8. The fourth-order valence-electron chi connectivity index (χ4n) is 2.02. The third kappa shape index (κ3) is 3.71. The fourth-order valence-corrected chi connectivity index (χ4v) is 2.81. The van der Waals surface area contributed by atoms with Crippen LogP contribution in [0.4, 0.5) is 8.78 Å². The van der Waals surface area contributed by atoms with E-state index >= 15 is 0 Å². The van der Waals surface area contributed by atoms with Crippen molar-refractivity contribution in [3.8, 4) is 11.4 Å². The molecule has 1 amide bonds. The van der Waals surface area contributed by atoms with Crippen LogP contribution in [0.2, 0.25) is 0 Å².